The third-order valence-electron chi connectivity index (χ3n) is 5.05. The Bertz CT molecular complexity index is 988. The molecule has 30 heavy (non-hydrogen) atoms. The summed E-state index contributed by atoms with van der Waals surface area (Å²) in [6, 6.07) is 8.12. The van der Waals surface area contributed by atoms with Crippen LogP contribution in [0.5, 0.6) is 5.88 Å². The molecule has 0 unspecified atom stereocenters. The molecule has 1 heterocycles. The van der Waals surface area contributed by atoms with Gasteiger partial charge in [0.2, 0.25) is 21.8 Å². The van der Waals surface area contributed by atoms with Crippen molar-refractivity contribution in [3.8, 4) is 5.88 Å². The Morgan fingerprint density at radius 3 is 2.53 bits per heavy atom. The van der Waals surface area contributed by atoms with Crippen LogP contribution in [0.25, 0.3) is 0 Å². The van der Waals surface area contributed by atoms with Gasteiger partial charge in [-0.1, -0.05) is 18.5 Å². The second-order valence-corrected chi connectivity index (χ2v) is 9.53. The number of anilines is 1. The van der Waals surface area contributed by atoms with Crippen LogP contribution in [0.2, 0.25) is 5.02 Å². The van der Waals surface area contributed by atoms with Crippen LogP contribution in [0.3, 0.4) is 0 Å². The summed E-state index contributed by atoms with van der Waals surface area (Å²) < 4.78 is 34.4. The Morgan fingerprint density at radius 1 is 1.20 bits per heavy atom. The number of halogens is 1. The van der Waals surface area contributed by atoms with Crippen LogP contribution in [-0.2, 0) is 14.8 Å². The topological polar surface area (TPSA) is 97.4 Å². The molecule has 1 aliphatic rings. The fourth-order valence-electron chi connectivity index (χ4n) is 3.46. The third-order valence-corrected chi connectivity index (χ3v) is 6.96. The molecule has 0 spiro atoms. The highest BCUT2D eigenvalue weighted by Gasteiger charge is 2.27. The van der Waals surface area contributed by atoms with E-state index in [1.54, 1.807) is 38.1 Å². The van der Waals surface area contributed by atoms with Crippen LogP contribution in [0.15, 0.2) is 41.4 Å². The first-order chi connectivity index (χ1) is 14.3. The van der Waals surface area contributed by atoms with E-state index in [0.29, 0.717) is 41.4 Å². The molecular weight excluding hydrogens is 426 g/mol. The first-order valence-electron chi connectivity index (χ1n) is 9.98. The van der Waals surface area contributed by atoms with Gasteiger partial charge in [0.25, 0.3) is 0 Å². The van der Waals surface area contributed by atoms with Crippen LogP contribution in [0.1, 0.15) is 44.6 Å². The molecule has 2 N–H and O–H groups in total. The zero-order valence-corrected chi connectivity index (χ0v) is 18.6. The zero-order chi connectivity index (χ0) is 21.7. The smallest absolute Gasteiger partial charge is 0.241 e. The van der Waals surface area contributed by atoms with Crippen molar-refractivity contribution in [3.05, 3.63) is 47.1 Å². The number of hydrogen-bond acceptors (Lipinski definition) is 5. The van der Waals surface area contributed by atoms with Gasteiger partial charge in [-0.2, -0.15) is 0 Å². The molecule has 1 aromatic carbocycles. The lowest BCUT2D eigenvalue weighted by Crippen LogP contribution is -2.39. The van der Waals surface area contributed by atoms with Gasteiger partial charge in [-0.25, -0.2) is 18.1 Å². The SMILES string of the molecule is CCC(=O)Nc1ccc(S(=O)(=O)NC2CCC(Oc3ccc(Cl)cn3)CC2)c(C)c1. The molecule has 1 aromatic heterocycles. The largest absolute Gasteiger partial charge is 0.474 e. The number of amides is 1. The molecule has 0 bridgehead atoms. The van der Waals surface area contributed by atoms with Crippen molar-refractivity contribution in [2.45, 2.75) is 63.0 Å². The van der Waals surface area contributed by atoms with E-state index in [2.05, 4.69) is 15.0 Å². The van der Waals surface area contributed by atoms with Crippen LogP contribution in [0.4, 0.5) is 5.69 Å². The molecule has 7 nitrogen and oxygen atoms in total. The number of nitrogens with one attached hydrogen (secondary N) is 2. The summed E-state index contributed by atoms with van der Waals surface area (Å²) >= 11 is 5.83. The standard InChI is InChI=1S/C21H26ClN3O4S/c1-3-20(26)24-17-7-10-19(14(2)12-17)30(27,28)25-16-5-8-18(9-6-16)29-21-11-4-15(22)13-23-21/h4,7,10-13,16,18,25H,3,5-6,8-9H2,1-2H3,(H,24,26). The second-order valence-electron chi connectivity index (χ2n) is 7.41. The highest BCUT2D eigenvalue weighted by Crippen LogP contribution is 2.26. The number of aryl methyl sites for hydroxylation is 1. The van der Waals surface area contributed by atoms with Gasteiger partial charge in [0, 0.05) is 30.4 Å². The van der Waals surface area contributed by atoms with Gasteiger partial charge in [0.15, 0.2) is 0 Å². The highest BCUT2D eigenvalue weighted by atomic mass is 35.5. The number of ether oxygens (including phenoxy) is 1. The number of nitrogens with zero attached hydrogens (tertiary/aromatic N) is 1. The molecule has 0 saturated heterocycles. The molecule has 162 valence electrons. The van der Waals surface area contributed by atoms with Gasteiger partial charge < -0.3 is 10.1 Å². The molecule has 0 aliphatic heterocycles. The van der Waals surface area contributed by atoms with E-state index in [1.165, 1.54) is 12.3 Å². The molecule has 1 fully saturated rings. The molecule has 3 rings (SSSR count). The van der Waals surface area contributed by atoms with Gasteiger partial charge in [0.1, 0.15) is 6.10 Å². The third kappa shape index (κ3) is 5.93. The number of pyridine rings is 1. The number of rotatable bonds is 7. The molecular formula is C21H26ClN3O4S. The van der Waals surface area contributed by atoms with Crippen LogP contribution < -0.4 is 14.8 Å². The average Bonchev–Trinajstić information content (AvgIpc) is 2.70. The first-order valence-corrected chi connectivity index (χ1v) is 11.8. The monoisotopic (exact) mass is 451 g/mol. The number of carbonyl (C=O) groups excluding carboxylic acids is 1. The van der Waals surface area contributed by atoms with Gasteiger partial charge in [-0.3, -0.25) is 4.79 Å². The van der Waals surface area contributed by atoms with Crippen LogP contribution >= 0.6 is 11.6 Å². The summed E-state index contributed by atoms with van der Waals surface area (Å²) in [5.41, 5.74) is 1.18. The van der Waals surface area contributed by atoms with Gasteiger partial charge in [-0.15, -0.1) is 0 Å². The minimum Gasteiger partial charge on any atom is -0.474 e. The molecule has 0 radical (unpaired) electrons. The van der Waals surface area contributed by atoms with Crippen LogP contribution in [0, 0.1) is 6.92 Å². The summed E-state index contributed by atoms with van der Waals surface area (Å²) in [4.78, 5) is 15.9. The quantitative estimate of drug-likeness (QED) is 0.661. The van der Waals surface area contributed by atoms with Crippen molar-refractivity contribution >= 4 is 33.2 Å². The van der Waals surface area contributed by atoms with Crippen molar-refractivity contribution in [3.63, 3.8) is 0 Å². The molecule has 1 aliphatic carbocycles. The van der Waals surface area contributed by atoms with Gasteiger partial charge in [-0.05, 0) is 62.4 Å². The van der Waals surface area contributed by atoms with E-state index in [9.17, 15) is 13.2 Å². The number of hydrogen-bond donors (Lipinski definition) is 2. The molecule has 1 saturated carbocycles. The van der Waals surface area contributed by atoms with Crippen LogP contribution in [-0.4, -0.2) is 31.5 Å². The highest BCUT2D eigenvalue weighted by molar-refractivity contribution is 7.89. The Morgan fingerprint density at radius 2 is 1.93 bits per heavy atom. The molecule has 2 aromatic rings. The molecule has 1 amide bonds. The van der Waals surface area contributed by atoms with Crippen molar-refractivity contribution in [2.24, 2.45) is 0 Å². The second kappa shape index (κ2) is 9.76. The minimum atomic E-state index is -3.65. The van der Waals surface area contributed by atoms with E-state index in [-0.39, 0.29) is 22.9 Å². The normalized spacial score (nSPS) is 19.3. The Balaban J connectivity index is 1.57. The fraction of sp³-hybridized carbons (Fsp3) is 0.429. The predicted octanol–water partition coefficient (Wildman–Crippen LogP) is 4.06. The molecule has 0 atom stereocenters. The Labute approximate surface area is 182 Å². The maximum atomic E-state index is 12.9. The van der Waals surface area contributed by atoms with Crippen molar-refractivity contribution in [1.82, 2.24) is 9.71 Å². The summed E-state index contributed by atoms with van der Waals surface area (Å²) in [6.45, 7) is 3.48. The van der Waals surface area contributed by atoms with E-state index < -0.39 is 10.0 Å². The fourth-order valence-corrected chi connectivity index (χ4v) is 5.11. The minimum absolute atomic E-state index is 0.00243. The first kappa shape index (κ1) is 22.5. The van der Waals surface area contributed by atoms with Gasteiger partial charge >= 0.3 is 0 Å². The average molecular weight is 452 g/mol. The summed E-state index contributed by atoms with van der Waals surface area (Å²) in [5, 5.41) is 3.29. The van der Waals surface area contributed by atoms with E-state index >= 15 is 0 Å². The summed E-state index contributed by atoms with van der Waals surface area (Å²) in [6.07, 6.45) is 4.74. The maximum absolute atomic E-state index is 12.9. The van der Waals surface area contributed by atoms with Crippen molar-refractivity contribution < 1.29 is 17.9 Å². The number of sulfonamides is 1. The Hall–Kier alpha value is -2.16. The van der Waals surface area contributed by atoms with Gasteiger partial charge in [0.05, 0.1) is 9.92 Å². The lowest BCUT2D eigenvalue weighted by Gasteiger charge is -2.29. The zero-order valence-electron chi connectivity index (χ0n) is 17.0. The summed E-state index contributed by atoms with van der Waals surface area (Å²) in [5.74, 6) is 0.408. The van der Waals surface area contributed by atoms with E-state index in [4.69, 9.17) is 16.3 Å². The van der Waals surface area contributed by atoms with E-state index in [0.717, 1.165) is 12.8 Å². The predicted molar refractivity (Wildman–Crippen MR) is 116 cm³/mol. The maximum Gasteiger partial charge on any atom is 0.241 e. The number of benzene rings is 1. The van der Waals surface area contributed by atoms with Crippen molar-refractivity contribution in [1.29, 1.82) is 0 Å². The lowest BCUT2D eigenvalue weighted by molar-refractivity contribution is -0.115. The lowest BCUT2D eigenvalue weighted by atomic mass is 9.94. The Kier molecular flexibility index (Phi) is 7.33. The van der Waals surface area contributed by atoms with Crippen molar-refractivity contribution in [2.75, 3.05) is 5.32 Å². The van der Waals surface area contributed by atoms with E-state index in [1.807, 2.05) is 0 Å². The number of carbonyl (C=O) groups is 1. The molecule has 9 heteroatoms. The summed E-state index contributed by atoms with van der Waals surface area (Å²) in [7, 11) is -3.65. The number of aromatic nitrogens is 1.